The topological polar surface area (TPSA) is 70.2 Å². The summed E-state index contributed by atoms with van der Waals surface area (Å²) >= 11 is 0. The van der Waals surface area contributed by atoms with E-state index >= 15 is 0 Å². The van der Waals surface area contributed by atoms with Crippen molar-refractivity contribution in [2.45, 2.75) is 6.42 Å². The van der Waals surface area contributed by atoms with Crippen LogP contribution in [0.25, 0.3) is 10.9 Å². The van der Waals surface area contributed by atoms with Crippen LogP contribution in [0.15, 0.2) is 54.9 Å². The van der Waals surface area contributed by atoms with Gasteiger partial charge in [0.2, 0.25) is 0 Å². The Labute approximate surface area is 153 Å². The van der Waals surface area contributed by atoms with Gasteiger partial charge in [0.25, 0.3) is 5.91 Å². The lowest BCUT2D eigenvalue weighted by atomic mass is 10.2. The third-order valence-electron chi connectivity index (χ3n) is 4.02. The lowest BCUT2D eigenvalue weighted by molar-refractivity contribution is 0.0952. The third-order valence-corrected chi connectivity index (χ3v) is 4.02. The zero-order valence-corrected chi connectivity index (χ0v) is 15.1. The van der Waals surface area contributed by atoms with Crippen molar-refractivity contribution >= 4 is 28.3 Å². The number of hydrogen-bond donors (Lipinski definition) is 2. The molecule has 2 N–H and O–H groups in total. The molecule has 6 nitrogen and oxygen atoms in total. The fourth-order valence-corrected chi connectivity index (χ4v) is 2.65. The van der Waals surface area contributed by atoms with E-state index in [0.717, 1.165) is 35.4 Å². The van der Waals surface area contributed by atoms with Crippen LogP contribution in [0.5, 0.6) is 0 Å². The Kier molecular flexibility index (Phi) is 5.76. The van der Waals surface area contributed by atoms with Gasteiger partial charge in [0.15, 0.2) is 0 Å². The van der Waals surface area contributed by atoms with Gasteiger partial charge < -0.3 is 15.5 Å². The Morgan fingerprint density at radius 2 is 1.81 bits per heavy atom. The largest absolute Gasteiger partial charge is 0.352 e. The summed E-state index contributed by atoms with van der Waals surface area (Å²) in [5, 5.41) is 7.19. The molecule has 0 fully saturated rings. The molecular formula is C20H23N5O. The monoisotopic (exact) mass is 349 g/mol. The van der Waals surface area contributed by atoms with E-state index < -0.39 is 0 Å². The van der Waals surface area contributed by atoms with Gasteiger partial charge in [-0.25, -0.2) is 9.97 Å². The van der Waals surface area contributed by atoms with E-state index in [-0.39, 0.29) is 5.91 Å². The minimum atomic E-state index is -0.0530. The summed E-state index contributed by atoms with van der Waals surface area (Å²) in [7, 11) is 4.04. The minimum absolute atomic E-state index is 0.0530. The number of rotatable bonds is 7. The highest BCUT2D eigenvalue weighted by atomic mass is 16.1. The highest BCUT2D eigenvalue weighted by molar-refractivity contribution is 5.95. The van der Waals surface area contributed by atoms with Gasteiger partial charge in [-0.2, -0.15) is 0 Å². The Morgan fingerprint density at radius 1 is 1.04 bits per heavy atom. The number of benzene rings is 2. The summed E-state index contributed by atoms with van der Waals surface area (Å²) in [4.78, 5) is 22.8. The maximum atomic E-state index is 12.2. The van der Waals surface area contributed by atoms with Crippen LogP contribution < -0.4 is 10.6 Å². The van der Waals surface area contributed by atoms with Crippen molar-refractivity contribution in [1.82, 2.24) is 20.2 Å². The summed E-state index contributed by atoms with van der Waals surface area (Å²) in [6.07, 6.45) is 2.47. The number of carbonyl (C=O) groups excluding carboxylic acids is 1. The Balaban J connectivity index is 1.63. The van der Waals surface area contributed by atoms with Crippen LogP contribution in [0, 0.1) is 0 Å². The van der Waals surface area contributed by atoms with Crippen LogP contribution in [0.1, 0.15) is 16.8 Å². The van der Waals surface area contributed by atoms with Crippen LogP contribution in [-0.4, -0.2) is 48.0 Å². The van der Waals surface area contributed by atoms with Gasteiger partial charge in [-0.1, -0.05) is 12.1 Å². The van der Waals surface area contributed by atoms with Gasteiger partial charge in [-0.15, -0.1) is 0 Å². The SMILES string of the molecule is CN(C)CCCNC(=O)c1ccc(Nc2ncnc3ccccc23)cc1. The Morgan fingerprint density at radius 3 is 2.58 bits per heavy atom. The molecular weight excluding hydrogens is 326 g/mol. The van der Waals surface area contributed by atoms with Gasteiger partial charge in [-0.05, 0) is 63.5 Å². The van der Waals surface area contributed by atoms with E-state index in [1.807, 2.05) is 62.6 Å². The van der Waals surface area contributed by atoms with E-state index in [4.69, 9.17) is 0 Å². The molecule has 1 heterocycles. The van der Waals surface area contributed by atoms with E-state index in [9.17, 15) is 4.79 Å². The zero-order valence-electron chi connectivity index (χ0n) is 15.1. The van der Waals surface area contributed by atoms with Crippen molar-refractivity contribution in [2.24, 2.45) is 0 Å². The van der Waals surface area contributed by atoms with E-state index in [1.165, 1.54) is 0 Å². The summed E-state index contributed by atoms with van der Waals surface area (Å²) in [6.45, 7) is 1.62. The van der Waals surface area contributed by atoms with Crippen molar-refractivity contribution < 1.29 is 4.79 Å². The lowest BCUT2D eigenvalue weighted by Gasteiger charge is -2.11. The first-order valence-electron chi connectivity index (χ1n) is 8.63. The molecule has 1 aromatic heterocycles. The van der Waals surface area contributed by atoms with Crippen LogP contribution >= 0.6 is 0 Å². The van der Waals surface area contributed by atoms with Crippen molar-refractivity contribution in [3.63, 3.8) is 0 Å². The molecule has 0 aliphatic carbocycles. The van der Waals surface area contributed by atoms with E-state index in [0.29, 0.717) is 12.1 Å². The molecule has 6 heteroatoms. The fourth-order valence-electron chi connectivity index (χ4n) is 2.65. The predicted molar refractivity (Wildman–Crippen MR) is 105 cm³/mol. The average Bonchev–Trinajstić information content (AvgIpc) is 2.66. The minimum Gasteiger partial charge on any atom is -0.352 e. The van der Waals surface area contributed by atoms with E-state index in [1.54, 1.807) is 6.33 Å². The second-order valence-electron chi connectivity index (χ2n) is 6.35. The van der Waals surface area contributed by atoms with Gasteiger partial charge in [0.1, 0.15) is 12.1 Å². The molecule has 134 valence electrons. The van der Waals surface area contributed by atoms with Crippen LogP contribution in [0.3, 0.4) is 0 Å². The lowest BCUT2D eigenvalue weighted by Crippen LogP contribution is -2.27. The summed E-state index contributed by atoms with van der Waals surface area (Å²) < 4.78 is 0. The second kappa shape index (κ2) is 8.40. The molecule has 2 aromatic carbocycles. The standard InChI is InChI=1S/C20H23N5O/c1-25(2)13-5-12-21-20(26)15-8-10-16(11-9-15)24-19-17-6-3-4-7-18(17)22-14-23-19/h3-4,6-11,14H,5,12-13H2,1-2H3,(H,21,26)(H,22,23,24). The number of anilines is 2. The number of nitrogens with one attached hydrogen (secondary N) is 2. The first-order chi connectivity index (χ1) is 12.6. The fraction of sp³-hybridized carbons (Fsp3) is 0.250. The predicted octanol–water partition coefficient (Wildman–Crippen LogP) is 3.05. The Hall–Kier alpha value is -2.99. The normalized spacial score (nSPS) is 10.9. The molecule has 0 atom stereocenters. The van der Waals surface area contributed by atoms with Crippen molar-refractivity contribution in [1.29, 1.82) is 0 Å². The summed E-state index contributed by atoms with van der Waals surface area (Å²) in [5.41, 5.74) is 2.41. The molecule has 1 amide bonds. The number of fused-ring (bicyclic) bond motifs is 1. The third kappa shape index (κ3) is 4.55. The molecule has 3 aromatic rings. The van der Waals surface area contributed by atoms with Crippen molar-refractivity contribution in [3.05, 3.63) is 60.4 Å². The van der Waals surface area contributed by atoms with Gasteiger partial charge in [0.05, 0.1) is 5.52 Å². The molecule has 0 aliphatic heterocycles. The first-order valence-corrected chi connectivity index (χ1v) is 8.63. The number of para-hydroxylation sites is 1. The molecule has 26 heavy (non-hydrogen) atoms. The number of amides is 1. The summed E-state index contributed by atoms with van der Waals surface area (Å²) in [6, 6.07) is 15.2. The maximum absolute atomic E-state index is 12.2. The number of hydrogen-bond acceptors (Lipinski definition) is 5. The Bertz CT molecular complexity index is 872. The van der Waals surface area contributed by atoms with Crippen LogP contribution in [-0.2, 0) is 0 Å². The van der Waals surface area contributed by atoms with Crippen LogP contribution in [0.4, 0.5) is 11.5 Å². The van der Waals surface area contributed by atoms with Crippen molar-refractivity contribution in [2.75, 3.05) is 32.5 Å². The number of nitrogens with zero attached hydrogens (tertiary/aromatic N) is 3. The molecule has 0 bridgehead atoms. The highest BCUT2D eigenvalue weighted by Gasteiger charge is 2.06. The smallest absolute Gasteiger partial charge is 0.251 e. The molecule has 0 saturated heterocycles. The molecule has 0 aliphatic rings. The van der Waals surface area contributed by atoms with Crippen molar-refractivity contribution in [3.8, 4) is 0 Å². The van der Waals surface area contributed by atoms with Gasteiger partial charge in [-0.3, -0.25) is 4.79 Å². The second-order valence-corrected chi connectivity index (χ2v) is 6.35. The van der Waals surface area contributed by atoms with Crippen LogP contribution in [0.2, 0.25) is 0 Å². The number of carbonyl (C=O) groups is 1. The average molecular weight is 349 g/mol. The molecule has 0 spiro atoms. The molecule has 0 saturated carbocycles. The highest BCUT2D eigenvalue weighted by Crippen LogP contribution is 2.22. The zero-order chi connectivity index (χ0) is 18.4. The molecule has 0 radical (unpaired) electrons. The first kappa shape index (κ1) is 17.8. The quantitative estimate of drug-likeness (QED) is 0.642. The number of aromatic nitrogens is 2. The maximum Gasteiger partial charge on any atom is 0.251 e. The molecule has 0 unspecified atom stereocenters. The van der Waals surface area contributed by atoms with E-state index in [2.05, 4.69) is 25.5 Å². The summed E-state index contributed by atoms with van der Waals surface area (Å²) in [5.74, 6) is 0.694. The van der Waals surface area contributed by atoms with Gasteiger partial charge >= 0.3 is 0 Å². The van der Waals surface area contributed by atoms with Gasteiger partial charge in [0, 0.05) is 23.2 Å². The molecule has 3 rings (SSSR count).